The van der Waals surface area contributed by atoms with Crippen molar-refractivity contribution in [1.82, 2.24) is 0 Å². The molecule has 0 aromatic heterocycles. The van der Waals surface area contributed by atoms with E-state index < -0.39 is 6.10 Å². The van der Waals surface area contributed by atoms with Gasteiger partial charge >= 0.3 is 17.9 Å². The van der Waals surface area contributed by atoms with Crippen LogP contribution in [-0.4, -0.2) is 37.2 Å². The summed E-state index contributed by atoms with van der Waals surface area (Å²) in [6.45, 7) is 6.39. The highest BCUT2D eigenvalue weighted by molar-refractivity contribution is 5.71. The molecule has 1 atom stereocenters. The third-order valence-electron chi connectivity index (χ3n) is 11.0. The SMILES string of the molecule is CC\C=C/C=C\C=C/C=C\C=C\C=C/CCCCCC(=O)OC(COC(=O)CCCCCCC\C=C/C=C\C=C/C=C\CCCCC)COC(=O)CCCCCCCCCCCCCCC. The second-order valence-electron chi connectivity index (χ2n) is 17.3. The van der Waals surface area contributed by atoms with E-state index in [0.29, 0.717) is 19.3 Å². The van der Waals surface area contributed by atoms with Crippen LogP contribution in [0.15, 0.2) is 122 Å². The third-order valence-corrected chi connectivity index (χ3v) is 11.0. The van der Waals surface area contributed by atoms with Crippen LogP contribution >= 0.6 is 0 Å². The summed E-state index contributed by atoms with van der Waals surface area (Å²) in [5.74, 6) is -0.978. The van der Waals surface area contributed by atoms with Crippen molar-refractivity contribution in [3.8, 4) is 0 Å². The van der Waals surface area contributed by atoms with Gasteiger partial charge in [0.05, 0.1) is 0 Å². The van der Waals surface area contributed by atoms with E-state index in [9.17, 15) is 14.4 Å². The Kier molecular flexibility index (Phi) is 50.0. The van der Waals surface area contributed by atoms with Gasteiger partial charge in [-0.25, -0.2) is 0 Å². The van der Waals surface area contributed by atoms with Crippen LogP contribution in [0.5, 0.6) is 0 Å². The first kappa shape index (κ1) is 61.8. The molecular formula is C60H96O6. The zero-order valence-corrected chi connectivity index (χ0v) is 42.4. The maximum absolute atomic E-state index is 12.8. The molecular weight excluding hydrogens is 817 g/mol. The fourth-order valence-corrected chi connectivity index (χ4v) is 6.96. The molecule has 0 aromatic carbocycles. The Morgan fingerprint density at radius 2 is 0.591 bits per heavy atom. The number of carbonyl (C=O) groups is 3. The Morgan fingerprint density at radius 1 is 0.318 bits per heavy atom. The molecule has 0 spiro atoms. The van der Waals surface area contributed by atoms with Crippen molar-refractivity contribution >= 4 is 17.9 Å². The van der Waals surface area contributed by atoms with Gasteiger partial charge < -0.3 is 14.2 Å². The van der Waals surface area contributed by atoms with Crippen LogP contribution in [0.2, 0.25) is 0 Å². The first-order valence-electron chi connectivity index (χ1n) is 26.7. The standard InChI is InChI=1S/C60H96O6/c1-4-7-10-13-16-19-22-25-27-29-31-32-35-38-41-44-47-50-53-59(62)65-56-57(55-64-58(61)52-49-46-43-40-37-34-24-21-18-15-12-9-6-3)66-60(63)54-51-48-45-42-39-36-33-30-28-26-23-20-17-14-11-8-5-2/h8,11,14,16-17,19-20,22-23,25-33,36,39,57H,4-7,9-10,12-13,15,18,21,24,34-35,37-38,40-56H2,1-3H3/b11-8-,17-14-,19-16-,23-20-,25-22-,28-26-,29-27-,32-31-,33-30+,39-36-. The summed E-state index contributed by atoms with van der Waals surface area (Å²) in [7, 11) is 0. The van der Waals surface area contributed by atoms with Crippen molar-refractivity contribution in [3.05, 3.63) is 122 Å². The van der Waals surface area contributed by atoms with E-state index in [1.807, 2.05) is 60.8 Å². The number of hydrogen-bond acceptors (Lipinski definition) is 6. The largest absolute Gasteiger partial charge is 0.462 e. The highest BCUT2D eigenvalue weighted by Gasteiger charge is 2.19. The number of ether oxygens (including phenoxy) is 3. The summed E-state index contributed by atoms with van der Waals surface area (Å²) in [4.78, 5) is 38.0. The van der Waals surface area contributed by atoms with E-state index in [2.05, 4.69) is 81.5 Å². The average molecular weight is 913 g/mol. The molecule has 6 nitrogen and oxygen atoms in total. The maximum Gasteiger partial charge on any atom is 0.306 e. The molecule has 6 heteroatoms. The number of esters is 3. The van der Waals surface area contributed by atoms with Crippen LogP contribution in [0.25, 0.3) is 0 Å². The van der Waals surface area contributed by atoms with Crippen molar-refractivity contribution < 1.29 is 28.6 Å². The molecule has 66 heavy (non-hydrogen) atoms. The van der Waals surface area contributed by atoms with Crippen molar-refractivity contribution in [2.45, 2.75) is 226 Å². The molecule has 0 N–H and O–H groups in total. The lowest BCUT2D eigenvalue weighted by atomic mass is 10.0. The van der Waals surface area contributed by atoms with Gasteiger partial charge in [0.1, 0.15) is 13.2 Å². The molecule has 0 aliphatic rings. The molecule has 372 valence electrons. The fraction of sp³-hybridized carbons (Fsp3) is 0.617. The van der Waals surface area contributed by atoms with Crippen molar-refractivity contribution in [2.75, 3.05) is 13.2 Å². The van der Waals surface area contributed by atoms with E-state index in [-0.39, 0.29) is 37.5 Å². The number of rotatable bonds is 46. The quantitative estimate of drug-likeness (QED) is 0.0262. The Hall–Kier alpha value is -4.19. The van der Waals surface area contributed by atoms with Gasteiger partial charge in [-0.15, -0.1) is 0 Å². The molecule has 0 saturated heterocycles. The normalized spacial score (nSPS) is 13.1. The van der Waals surface area contributed by atoms with E-state index in [1.165, 1.54) is 83.5 Å². The van der Waals surface area contributed by atoms with E-state index in [1.54, 1.807) is 0 Å². The van der Waals surface area contributed by atoms with Crippen LogP contribution < -0.4 is 0 Å². The molecule has 0 saturated carbocycles. The summed E-state index contributed by atoms with van der Waals surface area (Å²) in [5.41, 5.74) is 0. The number of hydrogen-bond donors (Lipinski definition) is 0. The van der Waals surface area contributed by atoms with Gasteiger partial charge in [-0.1, -0.05) is 258 Å². The highest BCUT2D eigenvalue weighted by atomic mass is 16.6. The predicted octanol–water partition coefficient (Wildman–Crippen LogP) is 17.7. The van der Waals surface area contributed by atoms with E-state index >= 15 is 0 Å². The lowest BCUT2D eigenvalue weighted by Gasteiger charge is -2.18. The zero-order valence-electron chi connectivity index (χ0n) is 42.4. The van der Waals surface area contributed by atoms with Crippen molar-refractivity contribution in [2.24, 2.45) is 0 Å². The lowest BCUT2D eigenvalue weighted by Crippen LogP contribution is -2.30. The summed E-state index contributed by atoms with van der Waals surface area (Å²) in [5, 5.41) is 0. The van der Waals surface area contributed by atoms with Gasteiger partial charge in [0.15, 0.2) is 6.10 Å². The van der Waals surface area contributed by atoms with Gasteiger partial charge in [0, 0.05) is 19.3 Å². The smallest absolute Gasteiger partial charge is 0.306 e. The number of carbonyl (C=O) groups excluding carboxylic acids is 3. The van der Waals surface area contributed by atoms with Crippen LogP contribution in [0.4, 0.5) is 0 Å². The lowest BCUT2D eigenvalue weighted by molar-refractivity contribution is -0.167. The topological polar surface area (TPSA) is 78.9 Å². The predicted molar refractivity (Wildman–Crippen MR) is 283 cm³/mol. The minimum absolute atomic E-state index is 0.106. The molecule has 0 bridgehead atoms. The Bertz CT molecular complexity index is 1420. The molecule has 0 rings (SSSR count). The summed E-state index contributed by atoms with van der Waals surface area (Å²) in [6.07, 6.45) is 73.1. The maximum atomic E-state index is 12.8. The Labute approximate surface area is 405 Å². The third kappa shape index (κ3) is 50.8. The number of allylic oxidation sites excluding steroid dienone is 20. The van der Waals surface area contributed by atoms with Crippen LogP contribution in [0.1, 0.15) is 220 Å². The first-order valence-corrected chi connectivity index (χ1v) is 26.7. The van der Waals surface area contributed by atoms with Crippen molar-refractivity contribution in [3.63, 3.8) is 0 Å². The second kappa shape index (κ2) is 53.4. The van der Waals surface area contributed by atoms with Crippen LogP contribution in [0, 0.1) is 0 Å². The van der Waals surface area contributed by atoms with Crippen LogP contribution in [-0.2, 0) is 28.6 Å². The molecule has 0 aliphatic heterocycles. The van der Waals surface area contributed by atoms with Gasteiger partial charge in [-0.2, -0.15) is 0 Å². The molecule has 0 fully saturated rings. The summed E-state index contributed by atoms with van der Waals surface area (Å²) >= 11 is 0. The molecule has 0 radical (unpaired) electrons. The first-order chi connectivity index (χ1) is 32.5. The van der Waals surface area contributed by atoms with Gasteiger partial charge in [-0.05, 0) is 64.2 Å². The summed E-state index contributed by atoms with van der Waals surface area (Å²) < 4.78 is 16.8. The van der Waals surface area contributed by atoms with Gasteiger partial charge in [-0.3, -0.25) is 14.4 Å². The zero-order chi connectivity index (χ0) is 47.9. The van der Waals surface area contributed by atoms with Crippen molar-refractivity contribution in [1.29, 1.82) is 0 Å². The molecule has 0 amide bonds. The van der Waals surface area contributed by atoms with E-state index in [0.717, 1.165) is 89.9 Å². The molecule has 0 aromatic rings. The summed E-state index contributed by atoms with van der Waals surface area (Å²) in [6, 6.07) is 0. The fourth-order valence-electron chi connectivity index (χ4n) is 6.96. The van der Waals surface area contributed by atoms with Gasteiger partial charge in [0.25, 0.3) is 0 Å². The van der Waals surface area contributed by atoms with Gasteiger partial charge in [0.2, 0.25) is 0 Å². The molecule has 1 unspecified atom stereocenters. The molecule has 0 heterocycles. The minimum atomic E-state index is -0.813. The average Bonchev–Trinajstić information content (AvgIpc) is 3.31. The monoisotopic (exact) mass is 913 g/mol. The Morgan fingerprint density at radius 3 is 0.970 bits per heavy atom. The Balaban J connectivity index is 4.55. The van der Waals surface area contributed by atoms with E-state index in [4.69, 9.17) is 14.2 Å². The number of unbranched alkanes of at least 4 members (excludes halogenated alkanes) is 23. The minimum Gasteiger partial charge on any atom is -0.462 e. The molecule has 0 aliphatic carbocycles. The van der Waals surface area contributed by atoms with Crippen LogP contribution in [0.3, 0.4) is 0 Å². The second-order valence-corrected chi connectivity index (χ2v) is 17.3. The highest BCUT2D eigenvalue weighted by Crippen LogP contribution is 2.14.